The molecule has 4 heteroatoms. The molecule has 1 saturated heterocycles. The van der Waals surface area contributed by atoms with E-state index in [1.54, 1.807) is 6.92 Å². The molecule has 0 aliphatic carbocycles. The molecule has 19 heavy (non-hydrogen) atoms. The van der Waals surface area contributed by atoms with Gasteiger partial charge in [0, 0.05) is 12.6 Å². The molecule has 2 rings (SSSR count). The van der Waals surface area contributed by atoms with Gasteiger partial charge in [-0.05, 0) is 44.7 Å². The second-order valence-electron chi connectivity index (χ2n) is 5.54. The monoisotopic (exact) mass is 269 g/mol. The molecule has 1 fully saturated rings. The van der Waals surface area contributed by atoms with E-state index < -0.39 is 11.6 Å². The van der Waals surface area contributed by atoms with Crippen LogP contribution in [0.2, 0.25) is 0 Å². The molecule has 1 aromatic rings. The summed E-state index contributed by atoms with van der Waals surface area (Å²) in [5, 5.41) is 3.02. The van der Waals surface area contributed by atoms with E-state index in [9.17, 15) is 8.78 Å². The molecule has 0 amide bonds. The number of halogens is 2. The molecule has 0 saturated carbocycles. The summed E-state index contributed by atoms with van der Waals surface area (Å²) in [4.78, 5) is 0. The first-order chi connectivity index (χ1) is 8.95. The van der Waals surface area contributed by atoms with E-state index in [-0.39, 0.29) is 17.3 Å². The minimum absolute atomic E-state index is 0.00893. The summed E-state index contributed by atoms with van der Waals surface area (Å²) in [6.45, 7) is 6.37. The topological polar surface area (TPSA) is 21.3 Å². The molecule has 0 bridgehead atoms. The van der Waals surface area contributed by atoms with Crippen molar-refractivity contribution in [2.45, 2.75) is 51.7 Å². The molecular formula is C15H21F2NO. The predicted molar refractivity (Wildman–Crippen MR) is 72.4 cm³/mol. The van der Waals surface area contributed by atoms with Crippen LogP contribution < -0.4 is 5.32 Å². The van der Waals surface area contributed by atoms with Crippen LogP contribution in [-0.2, 0) is 4.74 Å². The van der Waals surface area contributed by atoms with Crippen LogP contribution in [0.25, 0.3) is 0 Å². The summed E-state index contributed by atoms with van der Waals surface area (Å²) >= 11 is 0. The van der Waals surface area contributed by atoms with Crippen molar-refractivity contribution < 1.29 is 13.5 Å². The summed E-state index contributed by atoms with van der Waals surface area (Å²) < 4.78 is 33.4. The van der Waals surface area contributed by atoms with Crippen LogP contribution in [0.15, 0.2) is 12.1 Å². The molecule has 2 atom stereocenters. The Hall–Kier alpha value is -1.16. The number of hydrogen-bond donors (Lipinski definition) is 1. The second-order valence-corrected chi connectivity index (χ2v) is 5.54. The molecule has 1 aromatic carbocycles. The summed E-state index contributed by atoms with van der Waals surface area (Å²) in [5.74, 6) is -1.03. The van der Waals surface area contributed by atoms with Gasteiger partial charge in [-0.3, -0.25) is 0 Å². The van der Waals surface area contributed by atoms with Gasteiger partial charge in [-0.1, -0.05) is 13.0 Å². The molecule has 0 radical (unpaired) electrons. The average Bonchev–Trinajstić information content (AvgIpc) is 2.39. The van der Waals surface area contributed by atoms with Crippen molar-refractivity contribution in [2.24, 2.45) is 0 Å². The Morgan fingerprint density at radius 2 is 2.16 bits per heavy atom. The zero-order valence-corrected chi connectivity index (χ0v) is 11.7. The number of anilines is 1. The summed E-state index contributed by atoms with van der Waals surface area (Å²) in [7, 11) is 0. The fourth-order valence-electron chi connectivity index (χ4n) is 2.49. The third kappa shape index (κ3) is 3.06. The minimum atomic E-state index is -0.534. The Balaban J connectivity index is 2.15. The summed E-state index contributed by atoms with van der Waals surface area (Å²) in [6, 6.07) is 2.80. The van der Waals surface area contributed by atoms with Gasteiger partial charge in [0.25, 0.3) is 0 Å². The van der Waals surface area contributed by atoms with Crippen LogP contribution in [0.3, 0.4) is 0 Å². The highest BCUT2D eigenvalue weighted by molar-refractivity contribution is 5.49. The Morgan fingerprint density at radius 3 is 2.84 bits per heavy atom. The van der Waals surface area contributed by atoms with Crippen LogP contribution in [-0.4, -0.2) is 18.2 Å². The predicted octanol–water partition coefficient (Wildman–Crippen LogP) is 4.03. The Kier molecular flexibility index (Phi) is 4.09. The molecular weight excluding hydrogens is 248 g/mol. The van der Waals surface area contributed by atoms with Gasteiger partial charge in [-0.2, -0.15) is 0 Å². The molecule has 0 spiro atoms. The third-order valence-electron chi connectivity index (χ3n) is 3.98. The number of benzene rings is 1. The van der Waals surface area contributed by atoms with E-state index in [0.29, 0.717) is 12.2 Å². The Labute approximate surface area is 113 Å². The highest BCUT2D eigenvalue weighted by Gasteiger charge is 2.32. The molecule has 1 heterocycles. The van der Waals surface area contributed by atoms with Crippen LogP contribution in [0.1, 0.15) is 38.7 Å². The van der Waals surface area contributed by atoms with E-state index in [4.69, 9.17) is 4.74 Å². The first-order valence-electron chi connectivity index (χ1n) is 6.80. The highest BCUT2D eigenvalue weighted by Crippen LogP contribution is 2.31. The Bertz CT molecular complexity index is 464. The molecule has 0 aromatic heterocycles. The maximum absolute atomic E-state index is 14.0. The largest absolute Gasteiger partial charge is 0.377 e. The van der Waals surface area contributed by atoms with Gasteiger partial charge in [0.15, 0.2) is 5.82 Å². The normalized spacial score (nSPS) is 27.3. The number of rotatable bonds is 3. The molecule has 1 N–H and O–H groups in total. The van der Waals surface area contributed by atoms with Crippen LogP contribution in [0, 0.1) is 18.6 Å². The molecule has 106 valence electrons. The lowest BCUT2D eigenvalue weighted by Gasteiger charge is -2.38. The number of aryl methyl sites for hydroxylation is 1. The van der Waals surface area contributed by atoms with Gasteiger partial charge in [0.05, 0.1) is 5.60 Å². The first-order valence-corrected chi connectivity index (χ1v) is 6.80. The fraction of sp³-hybridized carbons (Fsp3) is 0.600. The molecule has 2 nitrogen and oxygen atoms in total. The molecule has 1 aliphatic rings. The quantitative estimate of drug-likeness (QED) is 0.894. The van der Waals surface area contributed by atoms with Crippen molar-refractivity contribution in [3.63, 3.8) is 0 Å². The Morgan fingerprint density at radius 1 is 1.42 bits per heavy atom. The summed E-state index contributed by atoms with van der Waals surface area (Å²) in [6.07, 6.45) is 2.42. The van der Waals surface area contributed by atoms with E-state index in [1.165, 1.54) is 12.1 Å². The van der Waals surface area contributed by atoms with Gasteiger partial charge in [0.2, 0.25) is 0 Å². The van der Waals surface area contributed by atoms with Crippen LogP contribution >= 0.6 is 0 Å². The highest BCUT2D eigenvalue weighted by atomic mass is 19.1. The van der Waals surface area contributed by atoms with Crippen LogP contribution in [0.4, 0.5) is 14.5 Å². The van der Waals surface area contributed by atoms with Gasteiger partial charge in [0.1, 0.15) is 11.5 Å². The van der Waals surface area contributed by atoms with Crippen molar-refractivity contribution in [1.29, 1.82) is 0 Å². The molecule has 2 unspecified atom stereocenters. The van der Waals surface area contributed by atoms with Gasteiger partial charge in [-0.25, -0.2) is 8.78 Å². The minimum Gasteiger partial charge on any atom is -0.377 e. The lowest BCUT2D eigenvalue weighted by Crippen LogP contribution is -2.42. The average molecular weight is 269 g/mol. The van der Waals surface area contributed by atoms with Crippen molar-refractivity contribution in [1.82, 2.24) is 0 Å². The lowest BCUT2D eigenvalue weighted by atomic mass is 9.89. The fourth-order valence-corrected chi connectivity index (χ4v) is 2.49. The van der Waals surface area contributed by atoms with E-state index in [0.717, 1.165) is 19.3 Å². The maximum atomic E-state index is 14.0. The van der Waals surface area contributed by atoms with Gasteiger partial charge >= 0.3 is 0 Å². The van der Waals surface area contributed by atoms with E-state index in [1.807, 2.05) is 6.92 Å². The first kappa shape index (κ1) is 14.3. The number of hydrogen-bond acceptors (Lipinski definition) is 2. The molecule has 1 aliphatic heterocycles. The SMILES string of the molecule is CCC1(C)CC(Nc2c(F)ccc(C)c2F)CCO1. The number of ether oxygens (including phenoxy) is 1. The standard InChI is InChI=1S/C15H21F2NO/c1-4-15(3)9-11(7-8-19-15)18-14-12(16)6-5-10(2)13(14)17/h5-6,11,18H,4,7-9H2,1-3H3. The van der Waals surface area contributed by atoms with Crippen molar-refractivity contribution in [3.8, 4) is 0 Å². The smallest absolute Gasteiger partial charge is 0.152 e. The van der Waals surface area contributed by atoms with Gasteiger partial charge in [-0.15, -0.1) is 0 Å². The van der Waals surface area contributed by atoms with Crippen molar-refractivity contribution in [3.05, 3.63) is 29.3 Å². The second kappa shape index (κ2) is 5.45. The number of nitrogens with one attached hydrogen (secondary N) is 1. The van der Waals surface area contributed by atoms with Crippen molar-refractivity contribution >= 4 is 5.69 Å². The third-order valence-corrected chi connectivity index (χ3v) is 3.98. The van der Waals surface area contributed by atoms with Crippen molar-refractivity contribution in [2.75, 3.05) is 11.9 Å². The zero-order chi connectivity index (χ0) is 14.0. The van der Waals surface area contributed by atoms with E-state index in [2.05, 4.69) is 12.2 Å². The van der Waals surface area contributed by atoms with Gasteiger partial charge < -0.3 is 10.1 Å². The maximum Gasteiger partial charge on any atom is 0.152 e. The lowest BCUT2D eigenvalue weighted by molar-refractivity contribution is -0.0709. The van der Waals surface area contributed by atoms with Crippen LogP contribution in [0.5, 0.6) is 0 Å². The van der Waals surface area contributed by atoms with E-state index >= 15 is 0 Å². The summed E-state index contributed by atoms with van der Waals surface area (Å²) in [5.41, 5.74) is 0.242. The zero-order valence-electron chi connectivity index (χ0n) is 11.7.